The molecule has 0 aromatic heterocycles. The van der Waals surface area contributed by atoms with Crippen molar-refractivity contribution in [2.24, 2.45) is 0 Å². The number of nitrogens with zero attached hydrogens (tertiary/aromatic N) is 1. The summed E-state index contributed by atoms with van der Waals surface area (Å²) in [5, 5.41) is 0. The van der Waals surface area contributed by atoms with Gasteiger partial charge in [-0.15, -0.1) is 0 Å². The molecule has 1 fully saturated rings. The summed E-state index contributed by atoms with van der Waals surface area (Å²) >= 11 is 0. The number of halogens is 2. The third kappa shape index (κ3) is 4.48. The molecule has 0 bridgehead atoms. The van der Waals surface area contributed by atoms with E-state index < -0.39 is 6.61 Å². The quantitative estimate of drug-likeness (QED) is 0.695. The molecular formula is C20H21F2NO4. The molecule has 0 atom stereocenters. The summed E-state index contributed by atoms with van der Waals surface area (Å²) in [5.41, 5.74) is 1.26. The molecule has 0 unspecified atom stereocenters. The van der Waals surface area contributed by atoms with E-state index in [4.69, 9.17) is 9.47 Å². The summed E-state index contributed by atoms with van der Waals surface area (Å²) in [6, 6.07) is 11.9. The van der Waals surface area contributed by atoms with Crippen LogP contribution in [0.3, 0.4) is 0 Å². The number of carbonyl (C=O) groups excluding carboxylic acids is 1. The summed E-state index contributed by atoms with van der Waals surface area (Å²) < 4.78 is 39.9. The molecule has 0 saturated heterocycles. The Morgan fingerprint density at radius 2 is 1.78 bits per heavy atom. The largest absolute Gasteiger partial charge is 0.496 e. The molecule has 1 amide bonds. The van der Waals surface area contributed by atoms with E-state index in [0.29, 0.717) is 17.9 Å². The van der Waals surface area contributed by atoms with Crippen LogP contribution in [0.2, 0.25) is 0 Å². The highest BCUT2D eigenvalue weighted by Crippen LogP contribution is 2.34. The highest BCUT2D eigenvalue weighted by atomic mass is 19.3. The molecule has 1 saturated carbocycles. The second kappa shape index (κ2) is 8.24. The van der Waals surface area contributed by atoms with Crippen molar-refractivity contribution >= 4 is 5.91 Å². The molecule has 144 valence electrons. The molecular weight excluding hydrogens is 356 g/mol. The number of benzene rings is 2. The van der Waals surface area contributed by atoms with Gasteiger partial charge in [0.25, 0.3) is 5.91 Å². The lowest BCUT2D eigenvalue weighted by Gasteiger charge is -2.24. The van der Waals surface area contributed by atoms with Crippen LogP contribution in [-0.4, -0.2) is 37.7 Å². The lowest BCUT2D eigenvalue weighted by atomic mass is 10.1. The van der Waals surface area contributed by atoms with Gasteiger partial charge in [-0.05, 0) is 42.7 Å². The molecule has 27 heavy (non-hydrogen) atoms. The Bertz CT molecular complexity index is 808. The molecule has 3 rings (SSSR count). The molecule has 1 aliphatic rings. The van der Waals surface area contributed by atoms with Gasteiger partial charge in [-0.2, -0.15) is 8.78 Å². The van der Waals surface area contributed by atoms with Crippen LogP contribution in [-0.2, 0) is 6.54 Å². The van der Waals surface area contributed by atoms with Gasteiger partial charge in [0.05, 0.1) is 19.8 Å². The van der Waals surface area contributed by atoms with Crippen molar-refractivity contribution < 1.29 is 27.8 Å². The van der Waals surface area contributed by atoms with Crippen LogP contribution in [0.5, 0.6) is 17.2 Å². The maximum atomic E-state index is 13.1. The zero-order chi connectivity index (χ0) is 19.4. The number of para-hydroxylation sites is 1. The molecule has 0 radical (unpaired) electrons. The van der Waals surface area contributed by atoms with Crippen molar-refractivity contribution in [2.45, 2.75) is 32.0 Å². The highest BCUT2D eigenvalue weighted by molar-refractivity contribution is 5.97. The van der Waals surface area contributed by atoms with Gasteiger partial charge < -0.3 is 19.1 Å². The zero-order valence-corrected chi connectivity index (χ0v) is 15.2. The number of ether oxygens (including phenoxy) is 3. The second-order valence-corrected chi connectivity index (χ2v) is 6.23. The minimum atomic E-state index is -2.93. The molecule has 5 nitrogen and oxygen atoms in total. The Balaban J connectivity index is 1.84. The van der Waals surface area contributed by atoms with Gasteiger partial charge in [0.1, 0.15) is 5.75 Å². The number of carbonyl (C=O) groups is 1. The van der Waals surface area contributed by atoms with Crippen molar-refractivity contribution in [2.75, 3.05) is 14.2 Å². The lowest BCUT2D eigenvalue weighted by Crippen LogP contribution is -2.32. The fraction of sp³-hybridized carbons (Fsp3) is 0.350. The Labute approximate surface area is 156 Å². The van der Waals surface area contributed by atoms with Gasteiger partial charge in [0.15, 0.2) is 11.5 Å². The molecule has 7 heteroatoms. The molecule has 0 aliphatic heterocycles. The average Bonchev–Trinajstić information content (AvgIpc) is 3.51. The fourth-order valence-electron chi connectivity index (χ4n) is 2.93. The topological polar surface area (TPSA) is 48.0 Å². The van der Waals surface area contributed by atoms with Crippen LogP contribution in [0.4, 0.5) is 8.78 Å². The maximum absolute atomic E-state index is 13.1. The number of methoxy groups -OCH3 is 2. The lowest BCUT2D eigenvalue weighted by molar-refractivity contribution is -0.0512. The molecule has 1 aliphatic carbocycles. The summed E-state index contributed by atoms with van der Waals surface area (Å²) in [6.07, 6.45) is 1.87. The van der Waals surface area contributed by atoms with Gasteiger partial charge in [-0.3, -0.25) is 4.79 Å². The van der Waals surface area contributed by atoms with Crippen LogP contribution in [0.15, 0.2) is 42.5 Å². The number of amides is 1. The predicted molar refractivity (Wildman–Crippen MR) is 95.5 cm³/mol. The Hall–Kier alpha value is -2.83. The maximum Gasteiger partial charge on any atom is 0.387 e. The number of hydrogen-bond acceptors (Lipinski definition) is 4. The van der Waals surface area contributed by atoms with Crippen molar-refractivity contribution in [3.8, 4) is 17.2 Å². The molecule has 0 N–H and O–H groups in total. The van der Waals surface area contributed by atoms with Crippen molar-refractivity contribution in [1.82, 2.24) is 4.90 Å². The normalized spacial score (nSPS) is 13.4. The minimum Gasteiger partial charge on any atom is -0.496 e. The zero-order valence-electron chi connectivity index (χ0n) is 15.2. The van der Waals surface area contributed by atoms with Crippen LogP contribution in [0.25, 0.3) is 0 Å². The fourth-order valence-corrected chi connectivity index (χ4v) is 2.93. The van der Waals surface area contributed by atoms with Gasteiger partial charge in [-0.1, -0.05) is 18.2 Å². The Kier molecular flexibility index (Phi) is 5.78. The van der Waals surface area contributed by atoms with Crippen LogP contribution in [0.1, 0.15) is 28.8 Å². The van der Waals surface area contributed by atoms with E-state index >= 15 is 0 Å². The number of rotatable bonds is 8. The number of hydrogen-bond donors (Lipinski definition) is 0. The van der Waals surface area contributed by atoms with E-state index in [1.54, 1.807) is 35.2 Å². The standard InChI is InChI=1S/C20H21F2NO4/c1-25-16-6-4-3-5-15(16)19(24)23(14-8-9-14)12-13-7-10-17(27-20(21)22)18(11-13)26-2/h3-7,10-11,14,20H,8-9,12H2,1-2H3. The molecule has 0 heterocycles. The smallest absolute Gasteiger partial charge is 0.387 e. The average molecular weight is 377 g/mol. The first-order valence-electron chi connectivity index (χ1n) is 8.59. The van der Waals surface area contributed by atoms with E-state index in [-0.39, 0.29) is 23.4 Å². The summed E-state index contributed by atoms with van der Waals surface area (Å²) in [4.78, 5) is 14.8. The number of alkyl halides is 2. The summed E-state index contributed by atoms with van der Waals surface area (Å²) in [6.45, 7) is -2.59. The summed E-state index contributed by atoms with van der Waals surface area (Å²) in [5.74, 6) is 0.562. The molecule has 2 aromatic rings. The predicted octanol–water partition coefficient (Wildman–Crippen LogP) is 4.11. The first-order valence-corrected chi connectivity index (χ1v) is 8.59. The van der Waals surface area contributed by atoms with E-state index in [2.05, 4.69) is 4.74 Å². The van der Waals surface area contributed by atoms with Gasteiger partial charge >= 0.3 is 6.61 Å². The van der Waals surface area contributed by atoms with Crippen molar-refractivity contribution in [3.05, 3.63) is 53.6 Å². The second-order valence-electron chi connectivity index (χ2n) is 6.23. The molecule has 2 aromatic carbocycles. The van der Waals surface area contributed by atoms with Crippen LogP contribution >= 0.6 is 0 Å². The van der Waals surface area contributed by atoms with Crippen LogP contribution < -0.4 is 14.2 Å². The van der Waals surface area contributed by atoms with Crippen molar-refractivity contribution in [3.63, 3.8) is 0 Å². The van der Waals surface area contributed by atoms with Gasteiger partial charge in [0, 0.05) is 12.6 Å². The van der Waals surface area contributed by atoms with E-state index in [1.165, 1.54) is 20.3 Å². The third-order valence-corrected chi connectivity index (χ3v) is 4.38. The third-order valence-electron chi connectivity index (χ3n) is 4.38. The van der Waals surface area contributed by atoms with Crippen molar-refractivity contribution in [1.29, 1.82) is 0 Å². The summed E-state index contributed by atoms with van der Waals surface area (Å²) in [7, 11) is 2.91. The molecule has 0 spiro atoms. The van der Waals surface area contributed by atoms with E-state index in [1.807, 2.05) is 6.07 Å². The van der Waals surface area contributed by atoms with E-state index in [9.17, 15) is 13.6 Å². The Morgan fingerprint density at radius 1 is 1.07 bits per heavy atom. The monoisotopic (exact) mass is 377 g/mol. The first-order chi connectivity index (χ1) is 13.0. The SMILES string of the molecule is COc1cc(CN(C(=O)c2ccccc2OC)C2CC2)ccc1OC(F)F. The Morgan fingerprint density at radius 3 is 2.41 bits per heavy atom. The highest BCUT2D eigenvalue weighted by Gasteiger charge is 2.34. The first kappa shape index (κ1) is 18.9. The van der Waals surface area contributed by atoms with E-state index in [0.717, 1.165) is 18.4 Å². The van der Waals surface area contributed by atoms with Crippen LogP contribution in [0, 0.1) is 0 Å². The van der Waals surface area contributed by atoms with Gasteiger partial charge in [0.2, 0.25) is 0 Å². The minimum absolute atomic E-state index is 0.0368. The van der Waals surface area contributed by atoms with Gasteiger partial charge in [-0.25, -0.2) is 0 Å².